The summed E-state index contributed by atoms with van der Waals surface area (Å²) in [4.78, 5) is 12.1. The van der Waals surface area contributed by atoms with Crippen LogP contribution in [0.2, 0.25) is 5.02 Å². The van der Waals surface area contributed by atoms with Crippen LogP contribution < -0.4 is 10.3 Å². The summed E-state index contributed by atoms with van der Waals surface area (Å²) in [5.74, 6) is 0.583. The topological polar surface area (TPSA) is 40.5 Å². The molecule has 0 aliphatic heterocycles. The normalized spacial score (nSPS) is 10.6. The van der Waals surface area contributed by atoms with Gasteiger partial charge in [0.05, 0.1) is 13.2 Å². The minimum Gasteiger partial charge on any atom is -0.491 e. The minimum atomic E-state index is -2.69. The Balaban J connectivity index is 0.00000312. The SMILES string of the molecule is COCCOc1ccc(-c2[c-]cc(Cl)c(=O)n2CC(F)F)c(Br)c1.[Y]. The molecular weight excluding hydrogens is 496 g/mol. The van der Waals surface area contributed by atoms with Gasteiger partial charge in [-0.25, -0.2) is 8.78 Å². The van der Waals surface area contributed by atoms with Crippen LogP contribution in [-0.2, 0) is 44.0 Å². The molecule has 9 heteroatoms. The summed E-state index contributed by atoms with van der Waals surface area (Å²) in [6, 6.07) is 9.08. The molecule has 2 aromatic rings. The van der Waals surface area contributed by atoms with Gasteiger partial charge in [0.2, 0.25) is 5.56 Å². The van der Waals surface area contributed by atoms with Crippen molar-refractivity contribution in [3.05, 3.63) is 50.2 Å². The maximum atomic E-state index is 12.8. The summed E-state index contributed by atoms with van der Waals surface area (Å²) in [7, 11) is 1.57. The molecule has 4 nitrogen and oxygen atoms in total. The first-order valence-corrected chi connectivity index (χ1v) is 8.12. The van der Waals surface area contributed by atoms with Gasteiger partial charge in [-0.2, -0.15) is 23.7 Å². The second-order valence-electron chi connectivity index (χ2n) is 4.77. The maximum absolute atomic E-state index is 12.8. The largest absolute Gasteiger partial charge is 0.491 e. The standard InChI is InChI=1S/C16H14BrClF2NO3.Y/c1-23-6-7-24-10-2-3-11(12(17)8-10)14-5-4-13(18)16(22)21(14)9-15(19)20;/h2-4,8,15H,6-7,9H2,1H3;/q-1;. The molecule has 1 aromatic heterocycles. The molecule has 0 amide bonds. The Morgan fingerprint density at radius 1 is 1.36 bits per heavy atom. The molecule has 1 aromatic carbocycles. The smallest absolute Gasteiger partial charge is 0.256 e. The summed E-state index contributed by atoms with van der Waals surface area (Å²) in [6.45, 7) is 0.0630. The zero-order valence-electron chi connectivity index (χ0n) is 13.3. The van der Waals surface area contributed by atoms with Gasteiger partial charge in [0.1, 0.15) is 12.4 Å². The Labute approximate surface area is 182 Å². The van der Waals surface area contributed by atoms with Crippen molar-refractivity contribution < 1.29 is 51.0 Å². The number of aromatic nitrogens is 1. The fourth-order valence-corrected chi connectivity index (χ4v) is 2.76. The van der Waals surface area contributed by atoms with Gasteiger partial charge in [-0.1, -0.05) is 27.2 Å². The van der Waals surface area contributed by atoms with Gasteiger partial charge < -0.3 is 14.0 Å². The summed E-state index contributed by atoms with van der Waals surface area (Å²) in [5.41, 5.74) is 0.0709. The van der Waals surface area contributed by atoms with E-state index in [2.05, 4.69) is 22.0 Å². The van der Waals surface area contributed by atoms with Crippen LogP contribution in [0.25, 0.3) is 11.3 Å². The van der Waals surface area contributed by atoms with E-state index in [9.17, 15) is 13.6 Å². The molecule has 0 saturated carbocycles. The number of pyridine rings is 1. The molecule has 2 rings (SSSR count). The van der Waals surface area contributed by atoms with Crippen LogP contribution in [-0.4, -0.2) is 31.3 Å². The van der Waals surface area contributed by atoms with E-state index in [1.54, 1.807) is 25.3 Å². The Hall–Kier alpha value is -0.336. The van der Waals surface area contributed by atoms with Crippen LogP contribution in [0.15, 0.2) is 33.5 Å². The molecule has 0 N–H and O–H groups in total. The van der Waals surface area contributed by atoms with Crippen molar-refractivity contribution in [2.45, 2.75) is 13.0 Å². The molecule has 0 spiro atoms. The second kappa shape index (κ2) is 10.7. The zero-order chi connectivity index (χ0) is 17.7. The predicted molar refractivity (Wildman–Crippen MR) is 91.1 cm³/mol. The Morgan fingerprint density at radius 2 is 2.08 bits per heavy atom. The van der Waals surface area contributed by atoms with Crippen LogP contribution in [0.1, 0.15) is 0 Å². The number of alkyl halides is 2. The number of benzene rings is 1. The van der Waals surface area contributed by atoms with Crippen molar-refractivity contribution in [2.24, 2.45) is 0 Å². The van der Waals surface area contributed by atoms with Crippen LogP contribution in [0.4, 0.5) is 8.78 Å². The number of nitrogens with zero attached hydrogens (tertiary/aromatic N) is 1. The van der Waals surface area contributed by atoms with E-state index in [0.717, 1.165) is 4.57 Å². The van der Waals surface area contributed by atoms with Crippen molar-refractivity contribution in [2.75, 3.05) is 20.3 Å². The average Bonchev–Trinajstić information content (AvgIpc) is 2.53. The second-order valence-corrected chi connectivity index (χ2v) is 6.04. The van der Waals surface area contributed by atoms with Crippen LogP contribution in [0.3, 0.4) is 0 Å². The summed E-state index contributed by atoms with van der Waals surface area (Å²) < 4.78 is 37.5. The molecule has 0 atom stereocenters. The maximum Gasteiger partial charge on any atom is 0.256 e. The summed E-state index contributed by atoms with van der Waals surface area (Å²) in [5, 5.41) is -0.157. The molecule has 1 heterocycles. The first-order chi connectivity index (χ1) is 11.4. The summed E-state index contributed by atoms with van der Waals surface area (Å²) >= 11 is 9.11. The third-order valence-corrected chi connectivity index (χ3v) is 4.05. The van der Waals surface area contributed by atoms with Crippen LogP contribution in [0.5, 0.6) is 5.75 Å². The van der Waals surface area contributed by atoms with Crippen molar-refractivity contribution in [1.29, 1.82) is 0 Å². The molecule has 0 bridgehead atoms. The van der Waals surface area contributed by atoms with Crippen molar-refractivity contribution in [3.8, 4) is 17.0 Å². The van der Waals surface area contributed by atoms with Gasteiger partial charge >= 0.3 is 0 Å². The Morgan fingerprint density at radius 3 is 2.68 bits per heavy atom. The molecule has 0 aliphatic carbocycles. The van der Waals surface area contributed by atoms with E-state index in [4.69, 9.17) is 21.1 Å². The van der Waals surface area contributed by atoms with Crippen LogP contribution >= 0.6 is 27.5 Å². The number of halogens is 4. The van der Waals surface area contributed by atoms with E-state index in [0.29, 0.717) is 29.0 Å². The van der Waals surface area contributed by atoms with Gasteiger partial charge in [0.25, 0.3) is 6.43 Å². The molecule has 133 valence electrons. The van der Waals surface area contributed by atoms with E-state index < -0.39 is 18.5 Å². The average molecular weight is 511 g/mol. The molecule has 0 saturated heterocycles. The van der Waals surface area contributed by atoms with E-state index in [1.165, 1.54) is 6.07 Å². The third-order valence-electron chi connectivity index (χ3n) is 3.13. The van der Waals surface area contributed by atoms with E-state index in [1.807, 2.05) is 0 Å². The number of hydrogen-bond donors (Lipinski definition) is 0. The van der Waals surface area contributed by atoms with E-state index >= 15 is 0 Å². The van der Waals surface area contributed by atoms with Crippen molar-refractivity contribution >= 4 is 27.5 Å². The molecule has 0 unspecified atom stereocenters. The first-order valence-electron chi connectivity index (χ1n) is 6.95. The van der Waals surface area contributed by atoms with Gasteiger partial charge in [-0.15, -0.1) is 6.07 Å². The number of rotatable bonds is 7. The van der Waals surface area contributed by atoms with Crippen molar-refractivity contribution in [1.82, 2.24) is 4.57 Å². The Kier molecular flexibility index (Phi) is 9.74. The van der Waals surface area contributed by atoms with Gasteiger partial charge in [0.15, 0.2) is 0 Å². The van der Waals surface area contributed by atoms with Crippen LogP contribution in [0, 0.1) is 6.07 Å². The third kappa shape index (κ3) is 6.10. The zero-order valence-corrected chi connectivity index (χ0v) is 18.4. The molecule has 25 heavy (non-hydrogen) atoms. The number of hydrogen-bond acceptors (Lipinski definition) is 3. The molecule has 0 aliphatic rings. The fourth-order valence-electron chi connectivity index (χ4n) is 2.06. The fraction of sp³-hybridized carbons (Fsp3) is 0.312. The van der Waals surface area contributed by atoms with E-state index in [-0.39, 0.29) is 43.4 Å². The van der Waals surface area contributed by atoms with Gasteiger partial charge in [-0.3, -0.25) is 4.79 Å². The minimum absolute atomic E-state index is 0. The molecule has 1 radical (unpaired) electrons. The predicted octanol–water partition coefficient (Wildman–Crippen LogP) is 4.02. The number of methoxy groups -OCH3 is 1. The number of ether oxygens (including phenoxy) is 2. The quantitative estimate of drug-likeness (QED) is 0.418. The first kappa shape index (κ1) is 22.7. The monoisotopic (exact) mass is 509 g/mol. The van der Waals surface area contributed by atoms with Gasteiger partial charge in [-0.05, 0) is 16.6 Å². The van der Waals surface area contributed by atoms with Gasteiger partial charge in [0, 0.05) is 44.8 Å². The van der Waals surface area contributed by atoms with Crippen molar-refractivity contribution in [3.63, 3.8) is 0 Å². The Bertz CT molecular complexity index is 774. The molecule has 0 fully saturated rings. The molecular formula is C16H14BrClF2NO3Y-. The summed E-state index contributed by atoms with van der Waals surface area (Å²) in [6.07, 6.45) is -2.69.